The molecule has 31 heavy (non-hydrogen) atoms. The van der Waals surface area contributed by atoms with Gasteiger partial charge in [-0.05, 0) is 50.2 Å². The number of benzene rings is 1. The number of nitrogens with one attached hydrogen (secondary N) is 4. The van der Waals surface area contributed by atoms with Crippen LogP contribution in [-0.2, 0) is 25.6 Å². The Morgan fingerprint density at radius 3 is 2.68 bits per heavy atom. The van der Waals surface area contributed by atoms with Crippen molar-refractivity contribution >= 4 is 29.3 Å². The van der Waals surface area contributed by atoms with Gasteiger partial charge in [0, 0.05) is 24.8 Å². The van der Waals surface area contributed by atoms with Gasteiger partial charge in [0.1, 0.15) is 11.3 Å². The van der Waals surface area contributed by atoms with Crippen LogP contribution in [0.25, 0.3) is 0 Å². The van der Waals surface area contributed by atoms with Gasteiger partial charge in [0.05, 0.1) is 0 Å². The number of para-hydroxylation sites is 1. The number of rotatable bonds is 5. The molecule has 4 rings (SSSR count). The monoisotopic (exact) mass is 426 g/mol. The summed E-state index contributed by atoms with van der Waals surface area (Å²) in [6.07, 6.45) is 4.59. The molecule has 8 nitrogen and oxygen atoms in total. The van der Waals surface area contributed by atoms with Gasteiger partial charge in [0.2, 0.25) is 23.6 Å². The molecule has 0 radical (unpaired) electrons. The lowest BCUT2D eigenvalue weighted by Crippen LogP contribution is -2.55. The van der Waals surface area contributed by atoms with E-state index in [1.54, 1.807) is 6.92 Å². The first-order chi connectivity index (χ1) is 14.9. The first-order valence-corrected chi connectivity index (χ1v) is 11.1. The van der Waals surface area contributed by atoms with Crippen LogP contribution in [-0.4, -0.2) is 42.8 Å². The molecule has 2 aliphatic heterocycles. The summed E-state index contributed by atoms with van der Waals surface area (Å²) in [6.45, 7) is 2.63. The minimum absolute atomic E-state index is 0.0775. The zero-order chi connectivity index (χ0) is 22.0. The SMILES string of the molecule is CC1(C(=O)NC2CCCCC2CNC(=O)C2CCNC2=O)Cc2ccccc2NC1=O. The van der Waals surface area contributed by atoms with Gasteiger partial charge < -0.3 is 21.3 Å². The second-order valence-electron chi connectivity index (χ2n) is 9.12. The van der Waals surface area contributed by atoms with Crippen molar-refractivity contribution in [3.05, 3.63) is 29.8 Å². The molecule has 166 valence electrons. The van der Waals surface area contributed by atoms with Crippen LogP contribution in [0.5, 0.6) is 0 Å². The van der Waals surface area contributed by atoms with Gasteiger partial charge >= 0.3 is 0 Å². The lowest BCUT2D eigenvalue weighted by molar-refractivity contribution is -0.140. The first-order valence-electron chi connectivity index (χ1n) is 11.1. The summed E-state index contributed by atoms with van der Waals surface area (Å²) in [7, 11) is 0. The highest BCUT2D eigenvalue weighted by atomic mass is 16.2. The molecule has 1 aromatic carbocycles. The largest absolute Gasteiger partial charge is 0.355 e. The molecule has 1 aliphatic carbocycles. The Morgan fingerprint density at radius 2 is 1.90 bits per heavy atom. The van der Waals surface area contributed by atoms with E-state index in [1.807, 2.05) is 24.3 Å². The molecule has 0 bridgehead atoms. The molecule has 4 atom stereocenters. The number of amides is 4. The highest BCUT2D eigenvalue weighted by Crippen LogP contribution is 2.34. The predicted molar refractivity (Wildman–Crippen MR) is 115 cm³/mol. The Morgan fingerprint density at radius 1 is 1.13 bits per heavy atom. The highest BCUT2D eigenvalue weighted by molar-refractivity contribution is 6.12. The Balaban J connectivity index is 1.39. The van der Waals surface area contributed by atoms with Crippen molar-refractivity contribution in [2.75, 3.05) is 18.4 Å². The normalized spacial score (nSPS) is 30.0. The van der Waals surface area contributed by atoms with Crippen molar-refractivity contribution in [3.8, 4) is 0 Å². The van der Waals surface area contributed by atoms with Crippen LogP contribution in [0.3, 0.4) is 0 Å². The minimum Gasteiger partial charge on any atom is -0.355 e. The summed E-state index contributed by atoms with van der Waals surface area (Å²) >= 11 is 0. The maximum atomic E-state index is 13.2. The molecule has 4 N–H and O–H groups in total. The second-order valence-corrected chi connectivity index (χ2v) is 9.12. The van der Waals surface area contributed by atoms with E-state index >= 15 is 0 Å². The van der Waals surface area contributed by atoms with E-state index in [0.717, 1.165) is 36.9 Å². The van der Waals surface area contributed by atoms with Crippen LogP contribution in [0, 0.1) is 17.3 Å². The van der Waals surface area contributed by atoms with Crippen LogP contribution in [0.2, 0.25) is 0 Å². The number of fused-ring (bicyclic) bond motifs is 1. The lowest BCUT2D eigenvalue weighted by atomic mass is 9.77. The van der Waals surface area contributed by atoms with Crippen molar-refractivity contribution in [1.82, 2.24) is 16.0 Å². The highest BCUT2D eigenvalue weighted by Gasteiger charge is 2.45. The van der Waals surface area contributed by atoms with Gasteiger partial charge in [-0.2, -0.15) is 0 Å². The topological polar surface area (TPSA) is 116 Å². The number of hydrogen-bond donors (Lipinski definition) is 4. The quantitative estimate of drug-likeness (QED) is 0.528. The third-order valence-corrected chi connectivity index (χ3v) is 6.94. The Labute approximate surface area is 181 Å². The van der Waals surface area contributed by atoms with Crippen molar-refractivity contribution in [2.24, 2.45) is 17.3 Å². The van der Waals surface area contributed by atoms with Gasteiger partial charge in [0.25, 0.3) is 0 Å². The molecule has 0 spiro atoms. The van der Waals surface area contributed by atoms with Crippen molar-refractivity contribution in [1.29, 1.82) is 0 Å². The molecule has 2 fully saturated rings. The average molecular weight is 427 g/mol. The maximum absolute atomic E-state index is 13.2. The fourth-order valence-electron chi connectivity index (χ4n) is 4.87. The molecular formula is C23H30N4O4. The van der Waals surface area contributed by atoms with Crippen molar-refractivity contribution in [2.45, 2.75) is 51.5 Å². The van der Waals surface area contributed by atoms with Gasteiger partial charge in [0.15, 0.2) is 0 Å². The molecule has 8 heteroatoms. The molecule has 1 aromatic rings. The second kappa shape index (κ2) is 8.69. The zero-order valence-corrected chi connectivity index (χ0v) is 17.8. The molecule has 4 unspecified atom stereocenters. The summed E-state index contributed by atoms with van der Waals surface area (Å²) in [5, 5.41) is 11.6. The molecule has 1 saturated heterocycles. The van der Waals surface area contributed by atoms with E-state index in [-0.39, 0.29) is 35.6 Å². The third-order valence-electron chi connectivity index (χ3n) is 6.94. The number of hydrogen-bond acceptors (Lipinski definition) is 4. The van der Waals surface area contributed by atoms with E-state index in [1.165, 1.54) is 0 Å². The van der Waals surface area contributed by atoms with Gasteiger partial charge in [-0.25, -0.2) is 0 Å². The summed E-state index contributed by atoms with van der Waals surface area (Å²) in [6, 6.07) is 7.42. The summed E-state index contributed by atoms with van der Waals surface area (Å²) in [5.41, 5.74) is 0.524. The molecule has 3 aliphatic rings. The van der Waals surface area contributed by atoms with E-state index < -0.39 is 11.3 Å². The molecular weight excluding hydrogens is 396 g/mol. The molecule has 0 aromatic heterocycles. The van der Waals surface area contributed by atoms with Crippen LogP contribution in [0.1, 0.15) is 44.6 Å². The van der Waals surface area contributed by atoms with Gasteiger partial charge in [-0.15, -0.1) is 0 Å². The first kappa shape index (κ1) is 21.3. The fourth-order valence-corrected chi connectivity index (χ4v) is 4.87. The minimum atomic E-state index is -1.18. The average Bonchev–Trinajstić information content (AvgIpc) is 3.19. The summed E-state index contributed by atoms with van der Waals surface area (Å²) in [5.74, 6) is -1.59. The number of anilines is 1. The Kier molecular flexibility index (Phi) is 5.98. The van der Waals surface area contributed by atoms with Gasteiger partial charge in [-0.3, -0.25) is 19.2 Å². The van der Waals surface area contributed by atoms with E-state index in [4.69, 9.17) is 0 Å². The van der Waals surface area contributed by atoms with Gasteiger partial charge in [-0.1, -0.05) is 31.0 Å². The Hall–Kier alpha value is -2.90. The number of carbonyl (C=O) groups is 4. The molecule has 2 heterocycles. The molecule has 1 saturated carbocycles. The number of carbonyl (C=O) groups excluding carboxylic acids is 4. The smallest absolute Gasteiger partial charge is 0.240 e. The summed E-state index contributed by atoms with van der Waals surface area (Å²) in [4.78, 5) is 50.1. The predicted octanol–water partition coefficient (Wildman–Crippen LogP) is 1.11. The van der Waals surface area contributed by atoms with Crippen LogP contribution in [0.15, 0.2) is 24.3 Å². The zero-order valence-electron chi connectivity index (χ0n) is 17.8. The van der Waals surface area contributed by atoms with Crippen LogP contribution in [0.4, 0.5) is 5.69 Å². The maximum Gasteiger partial charge on any atom is 0.240 e. The lowest BCUT2D eigenvalue weighted by Gasteiger charge is -2.37. The standard InChI is InChI=1S/C23H30N4O4/c1-23(12-14-6-2-4-8-17(14)26-21(23)30)22(31)27-18-9-5-3-7-15(18)13-25-20(29)16-10-11-24-19(16)28/h2,4,6,8,15-16,18H,3,5,7,9-13H2,1H3,(H,24,28)(H,25,29)(H,26,30)(H,27,31). The summed E-state index contributed by atoms with van der Waals surface area (Å²) < 4.78 is 0. The van der Waals surface area contributed by atoms with Crippen LogP contribution >= 0.6 is 0 Å². The van der Waals surface area contributed by atoms with E-state index in [0.29, 0.717) is 25.9 Å². The van der Waals surface area contributed by atoms with Crippen molar-refractivity contribution in [3.63, 3.8) is 0 Å². The molecule has 4 amide bonds. The van der Waals surface area contributed by atoms with E-state index in [9.17, 15) is 19.2 Å². The van der Waals surface area contributed by atoms with Crippen LogP contribution < -0.4 is 21.3 Å². The fraction of sp³-hybridized carbons (Fsp3) is 0.565. The van der Waals surface area contributed by atoms with Crippen molar-refractivity contribution < 1.29 is 19.2 Å². The van der Waals surface area contributed by atoms with E-state index in [2.05, 4.69) is 21.3 Å². The third kappa shape index (κ3) is 4.29. The Bertz CT molecular complexity index is 901.